The molecule has 1 aromatic carbocycles. The molecule has 0 aromatic heterocycles. The Labute approximate surface area is 139 Å². The summed E-state index contributed by atoms with van der Waals surface area (Å²) < 4.78 is 33.3. The van der Waals surface area contributed by atoms with E-state index < -0.39 is 9.05 Å². The fraction of sp³-hybridized carbons (Fsp3) is 0.533. The van der Waals surface area contributed by atoms with Gasteiger partial charge < -0.3 is 14.4 Å². The number of hydrogen-bond acceptors (Lipinski definition) is 5. The molecule has 2 aliphatic rings. The predicted octanol–water partition coefficient (Wildman–Crippen LogP) is 1.42. The standard InChI is InChI=1S/C15H18ClNO5S/c16-23(19,20)10-12-8-15(18)17(9-12)4-3-11-1-2-13-14(7-11)22-6-5-21-13/h1-2,7,12H,3-6,8-10H2. The van der Waals surface area contributed by atoms with Gasteiger partial charge in [-0.25, -0.2) is 8.42 Å². The normalized spacial score (nSPS) is 20.8. The zero-order chi connectivity index (χ0) is 16.4. The zero-order valence-corrected chi connectivity index (χ0v) is 14.1. The van der Waals surface area contributed by atoms with Crippen molar-refractivity contribution >= 4 is 25.6 Å². The average molecular weight is 360 g/mol. The van der Waals surface area contributed by atoms with Crippen LogP contribution in [0.3, 0.4) is 0 Å². The van der Waals surface area contributed by atoms with E-state index in [0.29, 0.717) is 32.7 Å². The summed E-state index contributed by atoms with van der Waals surface area (Å²) in [5, 5.41) is 0. The first kappa shape index (κ1) is 16.4. The van der Waals surface area contributed by atoms with E-state index in [9.17, 15) is 13.2 Å². The van der Waals surface area contributed by atoms with Crippen molar-refractivity contribution in [2.45, 2.75) is 12.8 Å². The van der Waals surface area contributed by atoms with Gasteiger partial charge in [-0.1, -0.05) is 6.07 Å². The Balaban J connectivity index is 1.57. The quantitative estimate of drug-likeness (QED) is 0.743. The highest BCUT2D eigenvalue weighted by Crippen LogP contribution is 2.31. The lowest BCUT2D eigenvalue weighted by atomic mass is 10.1. The third kappa shape index (κ3) is 4.29. The minimum absolute atomic E-state index is 0.0205. The number of nitrogens with zero attached hydrogens (tertiary/aromatic N) is 1. The summed E-state index contributed by atoms with van der Waals surface area (Å²) in [6, 6.07) is 5.75. The van der Waals surface area contributed by atoms with E-state index in [1.54, 1.807) is 4.90 Å². The number of carbonyl (C=O) groups excluding carboxylic acids is 1. The van der Waals surface area contributed by atoms with Crippen molar-refractivity contribution in [3.05, 3.63) is 23.8 Å². The molecule has 1 atom stereocenters. The smallest absolute Gasteiger partial charge is 0.232 e. The second-order valence-electron chi connectivity index (χ2n) is 5.84. The Hall–Kier alpha value is -1.47. The number of likely N-dealkylation sites (tertiary alicyclic amines) is 1. The molecule has 0 spiro atoms. The molecule has 1 unspecified atom stereocenters. The second-order valence-corrected chi connectivity index (χ2v) is 8.67. The van der Waals surface area contributed by atoms with Gasteiger partial charge in [0, 0.05) is 36.1 Å². The molecule has 1 aromatic rings. The molecule has 126 valence electrons. The molecule has 0 aliphatic carbocycles. The zero-order valence-electron chi connectivity index (χ0n) is 12.5. The molecular formula is C15H18ClNO5S. The topological polar surface area (TPSA) is 72.9 Å². The highest BCUT2D eigenvalue weighted by molar-refractivity contribution is 8.13. The summed E-state index contributed by atoms with van der Waals surface area (Å²) in [7, 11) is 1.70. The lowest BCUT2D eigenvalue weighted by molar-refractivity contribution is -0.127. The molecule has 1 amide bonds. The average Bonchev–Trinajstić information content (AvgIpc) is 2.82. The Bertz CT molecular complexity index is 706. The van der Waals surface area contributed by atoms with Crippen LogP contribution in [0.5, 0.6) is 11.5 Å². The highest BCUT2D eigenvalue weighted by atomic mass is 35.7. The number of rotatable bonds is 5. The second kappa shape index (κ2) is 6.57. The Kier molecular flexibility index (Phi) is 4.68. The van der Waals surface area contributed by atoms with E-state index in [1.807, 2.05) is 18.2 Å². The lowest BCUT2D eigenvalue weighted by Gasteiger charge is -2.20. The summed E-state index contributed by atoms with van der Waals surface area (Å²) in [4.78, 5) is 13.7. The van der Waals surface area contributed by atoms with Gasteiger partial charge in [0.25, 0.3) is 0 Å². The first-order valence-corrected chi connectivity index (χ1v) is 9.97. The van der Waals surface area contributed by atoms with Crippen LogP contribution in [0.4, 0.5) is 0 Å². The number of benzene rings is 1. The largest absolute Gasteiger partial charge is 0.486 e. The molecule has 1 fully saturated rings. The Morgan fingerprint density at radius 2 is 1.96 bits per heavy atom. The van der Waals surface area contributed by atoms with Gasteiger partial charge in [0.2, 0.25) is 15.0 Å². The van der Waals surface area contributed by atoms with Crippen molar-refractivity contribution in [2.24, 2.45) is 5.92 Å². The van der Waals surface area contributed by atoms with Gasteiger partial charge >= 0.3 is 0 Å². The fourth-order valence-electron chi connectivity index (χ4n) is 2.97. The number of amides is 1. The third-order valence-electron chi connectivity index (χ3n) is 4.01. The molecule has 6 nitrogen and oxygen atoms in total. The van der Waals surface area contributed by atoms with E-state index in [-0.39, 0.29) is 24.0 Å². The molecule has 3 rings (SSSR count). The lowest BCUT2D eigenvalue weighted by Crippen LogP contribution is -2.28. The van der Waals surface area contributed by atoms with Crippen molar-refractivity contribution in [3.8, 4) is 11.5 Å². The Morgan fingerprint density at radius 3 is 2.70 bits per heavy atom. The molecule has 1 saturated heterocycles. The minimum Gasteiger partial charge on any atom is -0.486 e. The SMILES string of the molecule is O=C1CC(CS(=O)(=O)Cl)CN1CCc1ccc2c(c1)OCCO2. The maximum absolute atomic E-state index is 12.0. The summed E-state index contributed by atoms with van der Waals surface area (Å²) in [5.74, 6) is 1.08. The number of fused-ring (bicyclic) bond motifs is 1. The van der Waals surface area contributed by atoms with Crippen molar-refractivity contribution < 1.29 is 22.7 Å². The summed E-state index contributed by atoms with van der Waals surface area (Å²) in [5.41, 5.74) is 1.05. The predicted molar refractivity (Wildman–Crippen MR) is 85.5 cm³/mol. The molecular weight excluding hydrogens is 342 g/mol. The first-order chi connectivity index (χ1) is 10.9. The minimum atomic E-state index is -3.57. The number of ether oxygens (including phenoxy) is 2. The molecule has 2 aliphatic heterocycles. The van der Waals surface area contributed by atoms with Gasteiger partial charge in [0.05, 0.1) is 5.75 Å². The number of halogens is 1. The van der Waals surface area contributed by atoms with Gasteiger partial charge in [-0.3, -0.25) is 4.79 Å². The first-order valence-electron chi connectivity index (χ1n) is 7.49. The van der Waals surface area contributed by atoms with Crippen LogP contribution in [-0.2, 0) is 20.3 Å². The van der Waals surface area contributed by atoms with Crippen LogP contribution in [0, 0.1) is 5.92 Å². The van der Waals surface area contributed by atoms with Crippen LogP contribution in [0.15, 0.2) is 18.2 Å². The maximum atomic E-state index is 12.0. The van der Waals surface area contributed by atoms with E-state index in [4.69, 9.17) is 20.2 Å². The Morgan fingerprint density at radius 1 is 1.22 bits per heavy atom. The van der Waals surface area contributed by atoms with Gasteiger partial charge in [0.15, 0.2) is 11.5 Å². The van der Waals surface area contributed by atoms with Crippen LogP contribution in [0.25, 0.3) is 0 Å². The van der Waals surface area contributed by atoms with E-state index in [2.05, 4.69) is 0 Å². The van der Waals surface area contributed by atoms with Crippen molar-refractivity contribution in [1.29, 1.82) is 0 Å². The van der Waals surface area contributed by atoms with E-state index >= 15 is 0 Å². The van der Waals surface area contributed by atoms with Crippen LogP contribution in [-0.4, -0.2) is 51.3 Å². The molecule has 0 N–H and O–H groups in total. The van der Waals surface area contributed by atoms with E-state index in [0.717, 1.165) is 17.1 Å². The number of hydrogen-bond donors (Lipinski definition) is 0. The van der Waals surface area contributed by atoms with Crippen LogP contribution >= 0.6 is 10.7 Å². The summed E-state index contributed by atoms with van der Waals surface area (Å²) >= 11 is 0. The molecule has 0 saturated carbocycles. The number of carbonyl (C=O) groups is 1. The molecule has 2 heterocycles. The molecule has 8 heteroatoms. The van der Waals surface area contributed by atoms with Crippen molar-refractivity contribution in [1.82, 2.24) is 4.90 Å². The summed E-state index contributed by atoms with van der Waals surface area (Å²) in [6.45, 7) is 2.09. The van der Waals surface area contributed by atoms with E-state index in [1.165, 1.54) is 0 Å². The van der Waals surface area contributed by atoms with Crippen molar-refractivity contribution in [3.63, 3.8) is 0 Å². The molecule has 0 radical (unpaired) electrons. The summed E-state index contributed by atoms with van der Waals surface area (Å²) in [6.07, 6.45) is 0.926. The van der Waals surface area contributed by atoms with Crippen LogP contribution < -0.4 is 9.47 Å². The fourth-order valence-corrected chi connectivity index (χ4v) is 4.29. The highest BCUT2D eigenvalue weighted by Gasteiger charge is 2.31. The van der Waals surface area contributed by atoms with Gasteiger partial charge in [-0.15, -0.1) is 0 Å². The molecule has 0 bridgehead atoms. The van der Waals surface area contributed by atoms with Gasteiger partial charge in [0.1, 0.15) is 13.2 Å². The van der Waals surface area contributed by atoms with Gasteiger partial charge in [-0.05, 0) is 24.1 Å². The third-order valence-corrected chi connectivity index (χ3v) is 5.25. The monoisotopic (exact) mass is 359 g/mol. The van der Waals surface area contributed by atoms with Crippen LogP contribution in [0.2, 0.25) is 0 Å². The van der Waals surface area contributed by atoms with Crippen molar-refractivity contribution in [2.75, 3.05) is 32.1 Å². The maximum Gasteiger partial charge on any atom is 0.232 e. The van der Waals surface area contributed by atoms with Gasteiger partial charge in [-0.2, -0.15) is 0 Å². The van der Waals surface area contributed by atoms with Crippen LogP contribution in [0.1, 0.15) is 12.0 Å². The molecule has 23 heavy (non-hydrogen) atoms.